The zero-order chi connectivity index (χ0) is 16.5. The molecule has 0 bridgehead atoms. The van der Waals surface area contributed by atoms with E-state index >= 15 is 0 Å². The molecule has 0 amide bonds. The van der Waals surface area contributed by atoms with Crippen molar-refractivity contribution in [2.24, 2.45) is 0 Å². The highest BCUT2D eigenvalue weighted by molar-refractivity contribution is 6.30. The minimum atomic E-state index is 0.339. The Morgan fingerprint density at radius 2 is 1.75 bits per heavy atom. The number of halogens is 1. The highest BCUT2D eigenvalue weighted by atomic mass is 35.5. The molecule has 2 heterocycles. The van der Waals surface area contributed by atoms with Crippen molar-refractivity contribution in [2.75, 3.05) is 0 Å². The Labute approximate surface area is 142 Å². The molecule has 0 radical (unpaired) electrons. The zero-order valence-electron chi connectivity index (χ0n) is 12.7. The van der Waals surface area contributed by atoms with Gasteiger partial charge in [-0.25, -0.2) is 4.68 Å². The Bertz CT molecular complexity index is 976. The monoisotopic (exact) mass is 337 g/mol. The molecular weight excluding hydrogens is 326 g/mol. The minimum Gasteiger partial charge on any atom is -0.332 e. The van der Waals surface area contributed by atoms with E-state index in [4.69, 9.17) is 16.1 Å². The van der Waals surface area contributed by atoms with Crippen LogP contribution in [0.15, 0.2) is 59.1 Å². The van der Waals surface area contributed by atoms with Crippen molar-refractivity contribution in [1.29, 1.82) is 0 Å². The first-order valence-corrected chi connectivity index (χ1v) is 7.68. The average molecular weight is 338 g/mol. The highest BCUT2D eigenvalue weighted by Gasteiger charge is 2.18. The van der Waals surface area contributed by atoms with Crippen LogP contribution in [0.3, 0.4) is 0 Å². The molecule has 4 aromatic rings. The molecule has 4 rings (SSSR count). The summed E-state index contributed by atoms with van der Waals surface area (Å²) >= 11 is 5.92. The van der Waals surface area contributed by atoms with Crippen molar-refractivity contribution in [3.8, 4) is 28.7 Å². The Morgan fingerprint density at radius 1 is 1.00 bits per heavy atom. The van der Waals surface area contributed by atoms with Crippen LogP contribution in [-0.2, 0) is 0 Å². The maximum Gasteiger partial charge on any atom is 0.280 e. The number of rotatable bonds is 3. The second kappa shape index (κ2) is 5.90. The standard InChI is InChI=1S/C17H12ClN5O/c1-11-15(20-22-23(11)14-9-7-13(18)8-10-14)17-19-16(21-24-17)12-5-3-2-4-6-12/h2-10H,1H3. The molecule has 6 nitrogen and oxygen atoms in total. The fourth-order valence-corrected chi connectivity index (χ4v) is 2.50. The summed E-state index contributed by atoms with van der Waals surface area (Å²) in [5, 5.41) is 13.0. The van der Waals surface area contributed by atoms with Gasteiger partial charge in [-0.1, -0.05) is 52.3 Å². The van der Waals surface area contributed by atoms with Crippen LogP contribution in [-0.4, -0.2) is 25.1 Å². The lowest BCUT2D eigenvalue weighted by atomic mass is 10.2. The van der Waals surface area contributed by atoms with E-state index in [2.05, 4.69) is 20.5 Å². The van der Waals surface area contributed by atoms with Crippen LogP contribution >= 0.6 is 11.6 Å². The molecular formula is C17H12ClN5O. The molecule has 2 aromatic heterocycles. The molecule has 0 N–H and O–H groups in total. The van der Waals surface area contributed by atoms with Gasteiger partial charge in [0, 0.05) is 10.6 Å². The van der Waals surface area contributed by atoms with Gasteiger partial charge in [-0.05, 0) is 31.2 Å². The molecule has 0 saturated carbocycles. The predicted octanol–water partition coefficient (Wildman–Crippen LogP) is 3.95. The summed E-state index contributed by atoms with van der Waals surface area (Å²) in [6, 6.07) is 17.0. The fraction of sp³-hybridized carbons (Fsp3) is 0.0588. The minimum absolute atomic E-state index is 0.339. The van der Waals surface area contributed by atoms with E-state index in [9.17, 15) is 0 Å². The van der Waals surface area contributed by atoms with Crippen molar-refractivity contribution in [3.63, 3.8) is 0 Å². The fourth-order valence-electron chi connectivity index (χ4n) is 2.38. The second-order valence-corrected chi connectivity index (χ2v) is 5.64. The number of nitrogens with zero attached hydrogens (tertiary/aromatic N) is 5. The molecule has 2 aromatic carbocycles. The number of hydrogen-bond donors (Lipinski definition) is 0. The number of aromatic nitrogens is 5. The normalized spacial score (nSPS) is 10.9. The first kappa shape index (κ1) is 14.6. The lowest BCUT2D eigenvalue weighted by Gasteiger charge is -2.02. The van der Waals surface area contributed by atoms with Gasteiger partial charge in [-0.3, -0.25) is 0 Å². The van der Waals surface area contributed by atoms with Crippen LogP contribution in [0.5, 0.6) is 0 Å². The van der Waals surface area contributed by atoms with Gasteiger partial charge in [0.2, 0.25) is 5.82 Å². The van der Waals surface area contributed by atoms with Crippen molar-refractivity contribution >= 4 is 11.6 Å². The molecule has 118 valence electrons. The van der Waals surface area contributed by atoms with E-state index in [0.29, 0.717) is 22.4 Å². The van der Waals surface area contributed by atoms with Crippen molar-refractivity contribution in [3.05, 3.63) is 65.3 Å². The van der Waals surface area contributed by atoms with E-state index in [1.807, 2.05) is 49.4 Å². The largest absolute Gasteiger partial charge is 0.332 e. The lowest BCUT2D eigenvalue weighted by molar-refractivity contribution is 0.430. The summed E-state index contributed by atoms with van der Waals surface area (Å²) < 4.78 is 7.06. The summed E-state index contributed by atoms with van der Waals surface area (Å²) in [5.74, 6) is 0.859. The first-order chi connectivity index (χ1) is 11.7. The zero-order valence-corrected chi connectivity index (χ0v) is 13.5. The second-order valence-electron chi connectivity index (χ2n) is 5.20. The number of hydrogen-bond acceptors (Lipinski definition) is 5. The Balaban J connectivity index is 1.71. The van der Waals surface area contributed by atoms with Crippen molar-refractivity contribution in [2.45, 2.75) is 6.92 Å². The smallest absolute Gasteiger partial charge is 0.280 e. The van der Waals surface area contributed by atoms with Crippen molar-refractivity contribution in [1.82, 2.24) is 25.1 Å². The van der Waals surface area contributed by atoms with E-state index in [1.165, 1.54) is 0 Å². The third-order valence-corrected chi connectivity index (χ3v) is 3.88. The average Bonchev–Trinajstić information content (AvgIpc) is 3.23. The van der Waals surface area contributed by atoms with Crippen LogP contribution in [0.1, 0.15) is 5.69 Å². The summed E-state index contributed by atoms with van der Waals surface area (Å²) in [4.78, 5) is 4.42. The third kappa shape index (κ3) is 2.57. The first-order valence-electron chi connectivity index (χ1n) is 7.30. The third-order valence-electron chi connectivity index (χ3n) is 3.63. The van der Waals surface area contributed by atoms with Crippen molar-refractivity contribution < 1.29 is 4.52 Å². The molecule has 0 aliphatic carbocycles. The van der Waals surface area contributed by atoms with Gasteiger partial charge in [0.15, 0.2) is 5.69 Å². The molecule has 0 spiro atoms. The maximum atomic E-state index is 5.92. The van der Waals surface area contributed by atoms with Crippen LogP contribution in [0.4, 0.5) is 0 Å². The Kier molecular flexibility index (Phi) is 3.59. The molecule has 7 heteroatoms. The Hall–Kier alpha value is -2.99. The van der Waals surface area contributed by atoms with E-state index < -0.39 is 0 Å². The van der Waals surface area contributed by atoms with Gasteiger partial charge >= 0.3 is 0 Å². The van der Waals surface area contributed by atoms with Crippen LogP contribution in [0.25, 0.3) is 28.7 Å². The topological polar surface area (TPSA) is 69.6 Å². The van der Waals surface area contributed by atoms with Crippen LogP contribution in [0, 0.1) is 6.92 Å². The van der Waals surface area contributed by atoms with Gasteiger partial charge in [-0.2, -0.15) is 4.98 Å². The summed E-state index contributed by atoms with van der Waals surface area (Å²) in [7, 11) is 0. The van der Waals surface area contributed by atoms with E-state index in [0.717, 1.165) is 16.9 Å². The van der Waals surface area contributed by atoms with E-state index in [-0.39, 0.29) is 0 Å². The highest BCUT2D eigenvalue weighted by Crippen LogP contribution is 2.24. The van der Waals surface area contributed by atoms with Gasteiger partial charge in [0.1, 0.15) is 0 Å². The molecule has 0 saturated heterocycles. The van der Waals surface area contributed by atoms with Crippen LogP contribution < -0.4 is 0 Å². The summed E-state index contributed by atoms with van der Waals surface area (Å²) in [6.45, 7) is 1.90. The lowest BCUT2D eigenvalue weighted by Crippen LogP contribution is -1.98. The molecule has 0 aliphatic heterocycles. The predicted molar refractivity (Wildman–Crippen MR) is 89.8 cm³/mol. The molecule has 24 heavy (non-hydrogen) atoms. The molecule has 0 unspecified atom stereocenters. The number of benzene rings is 2. The Morgan fingerprint density at radius 3 is 2.50 bits per heavy atom. The molecule has 0 fully saturated rings. The van der Waals surface area contributed by atoms with Gasteiger partial charge < -0.3 is 4.52 Å². The quantitative estimate of drug-likeness (QED) is 0.566. The van der Waals surface area contributed by atoms with Crippen LogP contribution in [0.2, 0.25) is 5.02 Å². The summed E-state index contributed by atoms with van der Waals surface area (Å²) in [5.41, 5.74) is 3.11. The van der Waals surface area contributed by atoms with E-state index in [1.54, 1.807) is 16.8 Å². The maximum absolute atomic E-state index is 5.92. The van der Waals surface area contributed by atoms with Gasteiger partial charge in [0.25, 0.3) is 5.89 Å². The SMILES string of the molecule is Cc1c(-c2nc(-c3ccccc3)no2)nnn1-c1ccc(Cl)cc1. The van der Waals surface area contributed by atoms with Gasteiger partial charge in [0.05, 0.1) is 11.4 Å². The van der Waals surface area contributed by atoms with Gasteiger partial charge in [-0.15, -0.1) is 5.10 Å². The summed E-state index contributed by atoms with van der Waals surface area (Å²) in [6.07, 6.45) is 0. The molecule has 0 aliphatic rings. The molecule has 0 atom stereocenters.